The molecule has 0 atom stereocenters. The molecule has 1 heterocycles. The summed E-state index contributed by atoms with van der Waals surface area (Å²) in [5.74, 6) is 1.78. The van der Waals surface area contributed by atoms with Gasteiger partial charge in [-0.1, -0.05) is 44.5 Å². The van der Waals surface area contributed by atoms with Gasteiger partial charge in [-0.2, -0.15) is 0 Å². The Morgan fingerprint density at radius 3 is 2.47 bits per heavy atom. The topological polar surface area (TPSA) is 63.8 Å². The average Bonchev–Trinajstić information content (AvgIpc) is 2.30. The summed E-state index contributed by atoms with van der Waals surface area (Å²) in [6, 6.07) is 9.18. The van der Waals surface area contributed by atoms with Gasteiger partial charge in [-0.15, -0.1) is 0 Å². The van der Waals surface area contributed by atoms with Crippen molar-refractivity contribution in [3.05, 3.63) is 41.2 Å². The maximum Gasteiger partial charge on any atom is 0.138 e. The predicted octanol–water partition coefficient (Wildman–Crippen LogP) is 3.75. The van der Waals surface area contributed by atoms with Crippen LogP contribution in [-0.2, 0) is 5.41 Å². The standard InChI is InChI=1S/C14H17ClN4/c1-14(2,3)13-18-11(16)8-12(19-13)17-10-7-5-4-6-9(10)15/h4-8H,1-3H3,(H3,16,17,18,19). The zero-order valence-corrected chi connectivity index (χ0v) is 12.0. The van der Waals surface area contributed by atoms with E-state index in [1.54, 1.807) is 6.07 Å². The third-order valence-electron chi connectivity index (χ3n) is 2.55. The molecular formula is C14H17ClN4. The van der Waals surface area contributed by atoms with Gasteiger partial charge in [-0.3, -0.25) is 0 Å². The van der Waals surface area contributed by atoms with Gasteiger partial charge in [0.05, 0.1) is 10.7 Å². The lowest BCUT2D eigenvalue weighted by molar-refractivity contribution is 0.547. The smallest absolute Gasteiger partial charge is 0.138 e. The average molecular weight is 277 g/mol. The van der Waals surface area contributed by atoms with Crippen LogP contribution in [0, 0.1) is 0 Å². The quantitative estimate of drug-likeness (QED) is 0.877. The van der Waals surface area contributed by atoms with Crippen molar-refractivity contribution in [2.24, 2.45) is 0 Å². The van der Waals surface area contributed by atoms with E-state index in [1.807, 2.05) is 45.0 Å². The zero-order valence-electron chi connectivity index (χ0n) is 11.2. The minimum absolute atomic E-state index is 0.160. The van der Waals surface area contributed by atoms with Gasteiger partial charge >= 0.3 is 0 Å². The fourth-order valence-corrected chi connectivity index (χ4v) is 1.75. The highest BCUT2D eigenvalue weighted by molar-refractivity contribution is 6.33. The number of aromatic nitrogens is 2. The van der Waals surface area contributed by atoms with Crippen LogP contribution in [-0.4, -0.2) is 9.97 Å². The summed E-state index contributed by atoms with van der Waals surface area (Å²) in [4.78, 5) is 8.74. The molecule has 0 aliphatic rings. The second kappa shape index (κ2) is 5.05. The van der Waals surface area contributed by atoms with Gasteiger partial charge < -0.3 is 11.1 Å². The lowest BCUT2D eigenvalue weighted by atomic mass is 9.96. The summed E-state index contributed by atoms with van der Waals surface area (Å²) in [5, 5.41) is 3.80. The first-order valence-electron chi connectivity index (χ1n) is 6.03. The summed E-state index contributed by atoms with van der Waals surface area (Å²) in [7, 11) is 0. The van der Waals surface area contributed by atoms with E-state index < -0.39 is 0 Å². The molecule has 1 aromatic carbocycles. The third-order valence-corrected chi connectivity index (χ3v) is 2.88. The summed E-state index contributed by atoms with van der Waals surface area (Å²) in [6.07, 6.45) is 0. The Morgan fingerprint density at radius 2 is 1.84 bits per heavy atom. The van der Waals surface area contributed by atoms with Gasteiger partial charge in [-0.05, 0) is 12.1 Å². The number of anilines is 3. The van der Waals surface area contributed by atoms with Gasteiger partial charge in [0.15, 0.2) is 0 Å². The van der Waals surface area contributed by atoms with Crippen molar-refractivity contribution < 1.29 is 0 Å². The van der Waals surface area contributed by atoms with E-state index in [9.17, 15) is 0 Å². The molecule has 0 bridgehead atoms. The number of nitrogens with two attached hydrogens (primary N) is 1. The van der Waals surface area contributed by atoms with Crippen molar-refractivity contribution in [3.8, 4) is 0 Å². The second-order valence-corrected chi connectivity index (χ2v) is 5.76. The van der Waals surface area contributed by atoms with E-state index in [1.165, 1.54) is 0 Å². The Kier molecular flexibility index (Phi) is 3.62. The minimum atomic E-state index is -0.160. The first kappa shape index (κ1) is 13.6. The van der Waals surface area contributed by atoms with Gasteiger partial charge in [-0.25, -0.2) is 9.97 Å². The molecule has 4 nitrogen and oxygen atoms in total. The van der Waals surface area contributed by atoms with Gasteiger partial charge in [0.2, 0.25) is 0 Å². The lowest BCUT2D eigenvalue weighted by Crippen LogP contribution is -2.17. The normalized spacial score (nSPS) is 11.4. The fourth-order valence-electron chi connectivity index (χ4n) is 1.57. The maximum absolute atomic E-state index is 6.11. The highest BCUT2D eigenvalue weighted by Gasteiger charge is 2.18. The number of nitrogen functional groups attached to an aromatic ring is 1. The molecule has 3 N–H and O–H groups in total. The number of hydrogen-bond acceptors (Lipinski definition) is 4. The number of hydrogen-bond donors (Lipinski definition) is 2. The van der Waals surface area contributed by atoms with E-state index in [-0.39, 0.29) is 5.41 Å². The molecule has 2 aromatic rings. The molecule has 0 aliphatic carbocycles. The van der Waals surface area contributed by atoms with Crippen LogP contribution in [0.4, 0.5) is 17.3 Å². The van der Waals surface area contributed by atoms with Crippen LogP contribution in [0.25, 0.3) is 0 Å². The van der Waals surface area contributed by atoms with Crippen LogP contribution in [0.5, 0.6) is 0 Å². The molecule has 0 amide bonds. The predicted molar refractivity (Wildman–Crippen MR) is 79.9 cm³/mol. The summed E-state index contributed by atoms with van der Waals surface area (Å²) < 4.78 is 0. The largest absolute Gasteiger partial charge is 0.384 e. The molecule has 0 fully saturated rings. The zero-order chi connectivity index (χ0) is 14.0. The molecule has 5 heteroatoms. The first-order chi connectivity index (χ1) is 8.86. The molecule has 100 valence electrons. The SMILES string of the molecule is CC(C)(C)c1nc(N)cc(Nc2ccccc2Cl)n1. The Morgan fingerprint density at radius 1 is 1.16 bits per heavy atom. The van der Waals surface area contributed by atoms with Crippen molar-refractivity contribution in [2.45, 2.75) is 26.2 Å². The van der Waals surface area contributed by atoms with E-state index in [2.05, 4.69) is 15.3 Å². The van der Waals surface area contributed by atoms with Crippen molar-refractivity contribution in [2.75, 3.05) is 11.1 Å². The first-order valence-corrected chi connectivity index (χ1v) is 6.40. The number of rotatable bonds is 2. The Labute approximate surface area is 118 Å². The fraction of sp³-hybridized carbons (Fsp3) is 0.286. The molecule has 0 unspecified atom stereocenters. The van der Waals surface area contributed by atoms with Crippen molar-refractivity contribution >= 4 is 28.9 Å². The molecule has 0 radical (unpaired) electrons. The number of para-hydroxylation sites is 1. The highest BCUT2D eigenvalue weighted by Crippen LogP contribution is 2.26. The third kappa shape index (κ3) is 3.35. The van der Waals surface area contributed by atoms with E-state index >= 15 is 0 Å². The van der Waals surface area contributed by atoms with Gasteiger partial charge in [0, 0.05) is 11.5 Å². The Bertz CT molecular complexity index is 590. The Balaban J connectivity index is 2.36. The van der Waals surface area contributed by atoms with Crippen LogP contribution >= 0.6 is 11.6 Å². The van der Waals surface area contributed by atoms with Crippen LogP contribution in [0.15, 0.2) is 30.3 Å². The number of nitrogens with zero attached hydrogens (tertiary/aromatic N) is 2. The number of halogens is 1. The molecular weight excluding hydrogens is 260 g/mol. The summed E-state index contributed by atoms with van der Waals surface area (Å²) in [5.41, 5.74) is 6.46. The van der Waals surface area contributed by atoms with Gasteiger partial charge in [0.25, 0.3) is 0 Å². The van der Waals surface area contributed by atoms with Crippen molar-refractivity contribution in [3.63, 3.8) is 0 Å². The van der Waals surface area contributed by atoms with Crippen LogP contribution in [0.1, 0.15) is 26.6 Å². The van der Waals surface area contributed by atoms with Gasteiger partial charge in [0.1, 0.15) is 17.5 Å². The van der Waals surface area contributed by atoms with Crippen LogP contribution in [0.2, 0.25) is 5.02 Å². The molecule has 0 spiro atoms. The van der Waals surface area contributed by atoms with Crippen LogP contribution in [0.3, 0.4) is 0 Å². The summed E-state index contributed by atoms with van der Waals surface area (Å²) >= 11 is 6.11. The molecule has 1 aromatic heterocycles. The van der Waals surface area contributed by atoms with E-state index in [0.29, 0.717) is 22.5 Å². The minimum Gasteiger partial charge on any atom is -0.384 e. The van der Waals surface area contributed by atoms with E-state index in [4.69, 9.17) is 17.3 Å². The van der Waals surface area contributed by atoms with Crippen molar-refractivity contribution in [1.29, 1.82) is 0 Å². The molecule has 2 rings (SSSR count). The molecule has 0 saturated heterocycles. The molecule has 19 heavy (non-hydrogen) atoms. The second-order valence-electron chi connectivity index (χ2n) is 5.36. The number of benzene rings is 1. The Hall–Kier alpha value is -1.81. The van der Waals surface area contributed by atoms with Crippen molar-refractivity contribution in [1.82, 2.24) is 9.97 Å². The molecule has 0 saturated carbocycles. The summed E-state index contributed by atoms with van der Waals surface area (Å²) in [6.45, 7) is 6.13. The maximum atomic E-state index is 6.11. The molecule has 0 aliphatic heterocycles. The number of nitrogens with one attached hydrogen (secondary N) is 1. The monoisotopic (exact) mass is 276 g/mol. The van der Waals surface area contributed by atoms with E-state index in [0.717, 1.165) is 5.69 Å². The highest BCUT2D eigenvalue weighted by atomic mass is 35.5. The van der Waals surface area contributed by atoms with Crippen LogP contribution < -0.4 is 11.1 Å². The lowest BCUT2D eigenvalue weighted by Gasteiger charge is -2.18.